The summed E-state index contributed by atoms with van der Waals surface area (Å²) in [5.74, 6) is -0.707. The standard InChI is InChI=1S/C24H30N4O5S/c1-17(29)25-19-10-11-21(26-34(4,32)33)20(16-19)22(30)27-12-14-28(15-13-27)23(31)24(2,3)18-8-6-5-7-9-18/h5-11,16,26H,12-15H2,1-4H3,(H,25,29). The van der Waals surface area contributed by atoms with Gasteiger partial charge in [-0.15, -0.1) is 0 Å². The van der Waals surface area contributed by atoms with Crippen molar-refractivity contribution in [3.8, 4) is 0 Å². The predicted octanol–water partition coefficient (Wildman–Crippen LogP) is 2.28. The largest absolute Gasteiger partial charge is 0.338 e. The van der Waals surface area contributed by atoms with Crippen LogP contribution in [0.2, 0.25) is 0 Å². The Hall–Kier alpha value is -3.40. The van der Waals surface area contributed by atoms with Crippen LogP contribution in [0.3, 0.4) is 0 Å². The van der Waals surface area contributed by atoms with Gasteiger partial charge in [-0.1, -0.05) is 30.3 Å². The lowest BCUT2D eigenvalue weighted by atomic mass is 9.83. The highest BCUT2D eigenvalue weighted by atomic mass is 32.2. The van der Waals surface area contributed by atoms with E-state index in [1.54, 1.807) is 9.80 Å². The summed E-state index contributed by atoms with van der Waals surface area (Å²) in [6.07, 6.45) is 1.00. The van der Waals surface area contributed by atoms with Gasteiger partial charge in [0.15, 0.2) is 0 Å². The number of carbonyl (C=O) groups is 3. The average molecular weight is 487 g/mol. The third-order valence-corrected chi connectivity index (χ3v) is 6.34. The molecule has 2 aromatic rings. The Morgan fingerprint density at radius 2 is 1.50 bits per heavy atom. The molecule has 182 valence electrons. The van der Waals surface area contributed by atoms with Crippen LogP contribution in [0.5, 0.6) is 0 Å². The van der Waals surface area contributed by atoms with Gasteiger partial charge >= 0.3 is 0 Å². The van der Waals surface area contributed by atoms with Gasteiger partial charge in [0, 0.05) is 38.8 Å². The first kappa shape index (κ1) is 25.2. The van der Waals surface area contributed by atoms with Crippen molar-refractivity contribution in [3.63, 3.8) is 0 Å². The minimum atomic E-state index is -3.62. The predicted molar refractivity (Wildman–Crippen MR) is 131 cm³/mol. The van der Waals surface area contributed by atoms with E-state index in [1.165, 1.54) is 25.1 Å². The van der Waals surface area contributed by atoms with Crippen molar-refractivity contribution in [1.29, 1.82) is 0 Å². The lowest BCUT2D eigenvalue weighted by Crippen LogP contribution is -2.54. The van der Waals surface area contributed by atoms with Gasteiger partial charge in [0.25, 0.3) is 5.91 Å². The zero-order valence-electron chi connectivity index (χ0n) is 19.8. The Morgan fingerprint density at radius 1 is 0.912 bits per heavy atom. The molecule has 9 nitrogen and oxygen atoms in total. The number of hydrogen-bond acceptors (Lipinski definition) is 5. The Balaban J connectivity index is 1.77. The number of piperazine rings is 1. The van der Waals surface area contributed by atoms with Crippen molar-refractivity contribution in [2.24, 2.45) is 0 Å². The maximum Gasteiger partial charge on any atom is 0.256 e. The monoisotopic (exact) mass is 486 g/mol. The number of nitrogens with one attached hydrogen (secondary N) is 2. The molecule has 3 rings (SSSR count). The SMILES string of the molecule is CC(=O)Nc1ccc(NS(C)(=O)=O)c(C(=O)N2CCN(C(=O)C(C)(C)c3ccccc3)CC2)c1. The summed E-state index contributed by atoms with van der Waals surface area (Å²) in [5, 5.41) is 2.61. The van der Waals surface area contributed by atoms with Gasteiger partial charge in [-0.3, -0.25) is 19.1 Å². The molecule has 0 unspecified atom stereocenters. The minimum absolute atomic E-state index is 0.0158. The third-order valence-electron chi connectivity index (χ3n) is 5.75. The van der Waals surface area contributed by atoms with Crippen LogP contribution in [-0.4, -0.2) is 68.4 Å². The van der Waals surface area contributed by atoms with E-state index in [2.05, 4.69) is 10.0 Å². The first-order valence-corrected chi connectivity index (χ1v) is 12.8. The highest BCUT2D eigenvalue weighted by Crippen LogP contribution is 2.27. The van der Waals surface area contributed by atoms with Crippen molar-refractivity contribution < 1.29 is 22.8 Å². The van der Waals surface area contributed by atoms with Gasteiger partial charge in [0.2, 0.25) is 21.8 Å². The molecule has 2 aromatic carbocycles. The summed E-state index contributed by atoms with van der Waals surface area (Å²) >= 11 is 0. The number of amides is 3. The molecule has 10 heteroatoms. The average Bonchev–Trinajstić information content (AvgIpc) is 2.78. The van der Waals surface area contributed by atoms with Gasteiger partial charge in [0.05, 0.1) is 22.9 Å². The van der Waals surface area contributed by atoms with E-state index < -0.39 is 15.4 Å². The Morgan fingerprint density at radius 3 is 2.06 bits per heavy atom. The first-order valence-electron chi connectivity index (χ1n) is 10.9. The number of carbonyl (C=O) groups excluding carboxylic acids is 3. The molecule has 0 bridgehead atoms. The van der Waals surface area contributed by atoms with E-state index in [9.17, 15) is 22.8 Å². The number of hydrogen-bond donors (Lipinski definition) is 2. The van der Waals surface area contributed by atoms with E-state index in [0.29, 0.717) is 31.9 Å². The van der Waals surface area contributed by atoms with Crippen LogP contribution in [0, 0.1) is 0 Å². The summed E-state index contributed by atoms with van der Waals surface area (Å²) in [4.78, 5) is 41.3. The van der Waals surface area contributed by atoms with Crippen LogP contribution in [0.25, 0.3) is 0 Å². The molecule has 0 radical (unpaired) electrons. The second-order valence-electron chi connectivity index (χ2n) is 8.89. The van der Waals surface area contributed by atoms with E-state index in [0.717, 1.165) is 11.8 Å². The van der Waals surface area contributed by atoms with Crippen molar-refractivity contribution >= 4 is 39.1 Å². The van der Waals surface area contributed by atoms with Crippen molar-refractivity contribution in [2.45, 2.75) is 26.2 Å². The zero-order valence-corrected chi connectivity index (χ0v) is 20.6. The molecular formula is C24H30N4O5S. The summed E-state index contributed by atoms with van der Waals surface area (Å²) in [6, 6.07) is 14.0. The fourth-order valence-electron chi connectivity index (χ4n) is 3.95. The van der Waals surface area contributed by atoms with Crippen LogP contribution in [0.1, 0.15) is 36.7 Å². The number of sulfonamides is 1. The molecule has 1 aliphatic heterocycles. The normalized spacial score (nSPS) is 14.5. The summed E-state index contributed by atoms with van der Waals surface area (Å²) in [6.45, 7) is 6.45. The molecule has 0 atom stereocenters. The van der Waals surface area contributed by atoms with Crippen LogP contribution in [0.15, 0.2) is 48.5 Å². The molecule has 0 aromatic heterocycles. The topological polar surface area (TPSA) is 116 Å². The van der Waals surface area contributed by atoms with Crippen LogP contribution in [-0.2, 0) is 25.0 Å². The first-order chi connectivity index (χ1) is 15.9. The molecule has 2 N–H and O–H groups in total. The molecule has 1 saturated heterocycles. The highest BCUT2D eigenvalue weighted by molar-refractivity contribution is 7.92. The number of nitrogens with zero attached hydrogens (tertiary/aromatic N) is 2. The Kier molecular flexibility index (Phi) is 7.30. The van der Waals surface area contributed by atoms with Crippen molar-refractivity contribution in [2.75, 3.05) is 42.5 Å². The van der Waals surface area contributed by atoms with Gasteiger partial charge in [0.1, 0.15) is 0 Å². The van der Waals surface area contributed by atoms with Gasteiger partial charge in [-0.05, 0) is 37.6 Å². The molecule has 0 spiro atoms. The highest BCUT2D eigenvalue weighted by Gasteiger charge is 2.36. The fraction of sp³-hybridized carbons (Fsp3) is 0.375. The summed E-state index contributed by atoms with van der Waals surface area (Å²) in [5.41, 5.74) is 0.858. The Labute approximate surface area is 200 Å². The van der Waals surface area contributed by atoms with E-state index in [1.807, 2.05) is 44.2 Å². The minimum Gasteiger partial charge on any atom is -0.338 e. The van der Waals surface area contributed by atoms with Crippen LogP contribution >= 0.6 is 0 Å². The number of anilines is 2. The second-order valence-corrected chi connectivity index (χ2v) is 10.6. The Bertz CT molecular complexity index is 1190. The van der Waals surface area contributed by atoms with Gasteiger partial charge in [-0.2, -0.15) is 0 Å². The fourth-order valence-corrected chi connectivity index (χ4v) is 4.52. The van der Waals surface area contributed by atoms with E-state index in [4.69, 9.17) is 0 Å². The number of rotatable bonds is 6. The van der Waals surface area contributed by atoms with Crippen LogP contribution in [0.4, 0.5) is 11.4 Å². The maximum absolute atomic E-state index is 13.3. The molecule has 1 heterocycles. The summed E-state index contributed by atoms with van der Waals surface area (Å²) < 4.78 is 25.9. The molecule has 0 aliphatic carbocycles. The maximum atomic E-state index is 13.3. The molecule has 34 heavy (non-hydrogen) atoms. The molecule has 3 amide bonds. The lowest BCUT2D eigenvalue weighted by molar-refractivity contribution is -0.137. The third kappa shape index (κ3) is 5.93. The van der Waals surface area contributed by atoms with E-state index in [-0.39, 0.29) is 29.0 Å². The molecular weight excluding hydrogens is 456 g/mol. The van der Waals surface area contributed by atoms with E-state index >= 15 is 0 Å². The number of benzene rings is 2. The second kappa shape index (κ2) is 9.84. The summed E-state index contributed by atoms with van der Waals surface area (Å²) in [7, 11) is -3.62. The quantitative estimate of drug-likeness (QED) is 0.650. The smallest absolute Gasteiger partial charge is 0.256 e. The van der Waals surface area contributed by atoms with Crippen LogP contribution < -0.4 is 10.0 Å². The zero-order chi connectivity index (χ0) is 25.1. The lowest BCUT2D eigenvalue weighted by Gasteiger charge is -2.39. The molecule has 0 saturated carbocycles. The van der Waals surface area contributed by atoms with Gasteiger partial charge < -0.3 is 15.1 Å². The van der Waals surface area contributed by atoms with Crippen molar-refractivity contribution in [3.05, 3.63) is 59.7 Å². The molecule has 1 fully saturated rings. The van der Waals surface area contributed by atoms with Gasteiger partial charge in [-0.25, -0.2) is 8.42 Å². The van der Waals surface area contributed by atoms with Crippen molar-refractivity contribution in [1.82, 2.24) is 9.80 Å². The molecule has 1 aliphatic rings.